The summed E-state index contributed by atoms with van der Waals surface area (Å²) in [7, 11) is 1.84. The van der Waals surface area contributed by atoms with Crippen LogP contribution in [0.5, 0.6) is 0 Å². The van der Waals surface area contributed by atoms with Gasteiger partial charge in [0.2, 0.25) is 0 Å². The fraction of sp³-hybridized carbons (Fsp3) is 0.0588. The van der Waals surface area contributed by atoms with Gasteiger partial charge in [-0.1, -0.05) is 17.7 Å². The summed E-state index contributed by atoms with van der Waals surface area (Å²) in [5.41, 5.74) is 2.15. The van der Waals surface area contributed by atoms with Gasteiger partial charge < -0.3 is 16.0 Å². The van der Waals surface area contributed by atoms with Gasteiger partial charge in [-0.2, -0.15) is 5.10 Å². The molecule has 0 aliphatic rings. The average Bonchev–Trinajstić information content (AvgIpc) is 2.89. The van der Waals surface area contributed by atoms with Crippen LogP contribution in [0.4, 0.5) is 27.7 Å². The monoisotopic (exact) mass is 419 g/mol. The number of nitrogens with zero attached hydrogens (tertiary/aromatic N) is 2. The van der Waals surface area contributed by atoms with E-state index >= 15 is 0 Å². The fourth-order valence-electron chi connectivity index (χ4n) is 2.19. The van der Waals surface area contributed by atoms with Crippen molar-refractivity contribution in [1.82, 2.24) is 9.78 Å². The van der Waals surface area contributed by atoms with Crippen molar-refractivity contribution in [2.24, 2.45) is 7.05 Å². The van der Waals surface area contributed by atoms with Gasteiger partial charge in [-0.15, -0.1) is 0 Å². The first kappa shape index (κ1) is 17.3. The Kier molecular flexibility index (Phi) is 5.25. The summed E-state index contributed by atoms with van der Waals surface area (Å²) in [6.45, 7) is 0. The van der Waals surface area contributed by atoms with Gasteiger partial charge in [-0.25, -0.2) is 4.79 Å². The molecule has 0 aliphatic carbocycles. The molecule has 25 heavy (non-hydrogen) atoms. The van der Waals surface area contributed by atoms with Crippen molar-refractivity contribution in [2.45, 2.75) is 0 Å². The summed E-state index contributed by atoms with van der Waals surface area (Å²) < 4.78 is 2.58. The number of hydrogen-bond donors (Lipinski definition) is 3. The number of carbonyl (C=O) groups is 1. The molecule has 8 heteroatoms. The molecule has 3 rings (SSSR count). The Labute approximate surface area is 158 Å². The molecular weight excluding hydrogens is 406 g/mol. The number of aryl methyl sites for hydroxylation is 1. The Balaban J connectivity index is 1.67. The SMILES string of the molecule is Cn1ncc(Br)c1Nc1cccc(NC(=O)Nc2ccc(Cl)cc2)c1. The Morgan fingerprint density at radius 1 is 1.08 bits per heavy atom. The molecule has 3 aromatic rings. The van der Waals surface area contributed by atoms with Crippen LogP contribution in [0.15, 0.2) is 59.2 Å². The molecule has 0 radical (unpaired) electrons. The maximum Gasteiger partial charge on any atom is 0.323 e. The van der Waals surface area contributed by atoms with Crippen molar-refractivity contribution in [3.63, 3.8) is 0 Å². The fourth-order valence-corrected chi connectivity index (χ4v) is 2.76. The molecule has 0 atom stereocenters. The standard InChI is InChI=1S/C17H15BrClN5O/c1-24-16(15(18)10-20-24)21-13-3-2-4-14(9-13)23-17(25)22-12-7-5-11(19)6-8-12/h2-10,21H,1H3,(H2,22,23,25). The molecule has 128 valence electrons. The third-order valence-electron chi connectivity index (χ3n) is 3.38. The van der Waals surface area contributed by atoms with Crippen molar-refractivity contribution in [1.29, 1.82) is 0 Å². The van der Waals surface area contributed by atoms with Gasteiger partial charge in [-0.05, 0) is 58.4 Å². The van der Waals surface area contributed by atoms with Gasteiger partial charge in [0.15, 0.2) is 0 Å². The first-order valence-corrected chi connectivity index (χ1v) is 8.56. The Bertz CT molecular complexity index is 875. The second-order valence-electron chi connectivity index (χ2n) is 5.26. The van der Waals surface area contributed by atoms with E-state index in [9.17, 15) is 4.79 Å². The number of nitrogens with one attached hydrogen (secondary N) is 3. The minimum atomic E-state index is -0.332. The zero-order chi connectivity index (χ0) is 17.8. The summed E-state index contributed by atoms with van der Waals surface area (Å²) in [4.78, 5) is 12.1. The molecular formula is C17H15BrClN5O. The molecule has 0 spiro atoms. The first-order chi connectivity index (χ1) is 12.0. The van der Waals surface area contributed by atoms with Gasteiger partial charge in [-0.3, -0.25) is 4.68 Å². The maximum absolute atomic E-state index is 12.1. The molecule has 1 heterocycles. The number of anilines is 4. The molecule has 0 unspecified atom stereocenters. The van der Waals surface area contributed by atoms with E-state index in [0.29, 0.717) is 16.4 Å². The predicted octanol–water partition coefficient (Wildman–Crippen LogP) is 5.22. The Hall–Kier alpha value is -2.51. The lowest BCUT2D eigenvalue weighted by Crippen LogP contribution is -2.19. The van der Waals surface area contributed by atoms with Crippen molar-refractivity contribution in [3.05, 3.63) is 64.2 Å². The van der Waals surface area contributed by atoms with Crippen LogP contribution in [0.3, 0.4) is 0 Å². The average molecular weight is 421 g/mol. The van der Waals surface area contributed by atoms with Crippen LogP contribution < -0.4 is 16.0 Å². The minimum Gasteiger partial charge on any atom is -0.339 e. The summed E-state index contributed by atoms with van der Waals surface area (Å²) in [5.74, 6) is 0.822. The summed E-state index contributed by atoms with van der Waals surface area (Å²) >= 11 is 9.27. The molecule has 1 aromatic heterocycles. The lowest BCUT2D eigenvalue weighted by Gasteiger charge is -2.11. The summed E-state index contributed by atoms with van der Waals surface area (Å²) in [5, 5.41) is 13.6. The van der Waals surface area contributed by atoms with E-state index in [2.05, 4.69) is 37.0 Å². The van der Waals surface area contributed by atoms with E-state index in [4.69, 9.17) is 11.6 Å². The molecule has 0 fully saturated rings. The first-order valence-electron chi connectivity index (χ1n) is 7.39. The number of benzene rings is 2. The van der Waals surface area contributed by atoms with E-state index in [1.807, 2.05) is 31.3 Å². The number of halogens is 2. The van der Waals surface area contributed by atoms with E-state index in [1.165, 1.54) is 0 Å². The van der Waals surface area contributed by atoms with Crippen LogP contribution in [-0.2, 0) is 7.05 Å². The van der Waals surface area contributed by atoms with Crippen molar-refractivity contribution >= 4 is 56.4 Å². The number of aromatic nitrogens is 2. The van der Waals surface area contributed by atoms with E-state index < -0.39 is 0 Å². The minimum absolute atomic E-state index is 0.332. The highest BCUT2D eigenvalue weighted by atomic mass is 79.9. The second kappa shape index (κ2) is 7.58. The molecule has 0 saturated carbocycles. The molecule has 2 aromatic carbocycles. The number of rotatable bonds is 4. The second-order valence-corrected chi connectivity index (χ2v) is 6.55. The van der Waals surface area contributed by atoms with Gasteiger partial charge in [0.25, 0.3) is 0 Å². The van der Waals surface area contributed by atoms with Crippen LogP contribution >= 0.6 is 27.5 Å². The summed E-state index contributed by atoms with van der Waals surface area (Å²) in [6.07, 6.45) is 1.71. The van der Waals surface area contributed by atoms with Crippen LogP contribution in [0.25, 0.3) is 0 Å². The molecule has 2 amide bonds. The van der Waals surface area contributed by atoms with Crippen LogP contribution in [0, 0.1) is 0 Å². The van der Waals surface area contributed by atoms with E-state index in [0.717, 1.165) is 16.0 Å². The zero-order valence-electron chi connectivity index (χ0n) is 13.3. The topological polar surface area (TPSA) is 71.0 Å². The third kappa shape index (κ3) is 4.52. The van der Waals surface area contributed by atoms with E-state index in [-0.39, 0.29) is 6.03 Å². The maximum atomic E-state index is 12.1. The van der Waals surface area contributed by atoms with Crippen molar-refractivity contribution in [3.8, 4) is 0 Å². The quantitative estimate of drug-likeness (QED) is 0.541. The van der Waals surface area contributed by atoms with E-state index in [1.54, 1.807) is 35.1 Å². The number of hydrogen-bond acceptors (Lipinski definition) is 3. The zero-order valence-corrected chi connectivity index (χ0v) is 15.6. The largest absolute Gasteiger partial charge is 0.339 e. The molecule has 6 nitrogen and oxygen atoms in total. The third-order valence-corrected chi connectivity index (χ3v) is 4.21. The smallest absolute Gasteiger partial charge is 0.323 e. The van der Waals surface area contributed by atoms with Crippen LogP contribution in [0.2, 0.25) is 5.02 Å². The lowest BCUT2D eigenvalue weighted by atomic mass is 10.2. The van der Waals surface area contributed by atoms with Gasteiger partial charge in [0.05, 0.1) is 10.7 Å². The number of amides is 2. The van der Waals surface area contributed by atoms with Crippen molar-refractivity contribution in [2.75, 3.05) is 16.0 Å². The van der Waals surface area contributed by atoms with Gasteiger partial charge in [0.1, 0.15) is 5.82 Å². The number of carbonyl (C=O) groups excluding carboxylic acids is 1. The van der Waals surface area contributed by atoms with Gasteiger partial charge in [0, 0.05) is 29.1 Å². The normalized spacial score (nSPS) is 10.4. The van der Waals surface area contributed by atoms with Crippen LogP contribution in [0.1, 0.15) is 0 Å². The van der Waals surface area contributed by atoms with Gasteiger partial charge >= 0.3 is 6.03 Å². The predicted molar refractivity (Wildman–Crippen MR) is 105 cm³/mol. The van der Waals surface area contributed by atoms with Crippen molar-refractivity contribution < 1.29 is 4.79 Å². The molecule has 0 saturated heterocycles. The highest BCUT2D eigenvalue weighted by Gasteiger charge is 2.07. The number of urea groups is 1. The Morgan fingerprint density at radius 2 is 1.76 bits per heavy atom. The highest BCUT2D eigenvalue weighted by Crippen LogP contribution is 2.26. The molecule has 0 aliphatic heterocycles. The molecule has 3 N–H and O–H groups in total. The Morgan fingerprint density at radius 3 is 2.44 bits per heavy atom. The molecule has 0 bridgehead atoms. The summed E-state index contributed by atoms with van der Waals surface area (Å²) in [6, 6.07) is 14.0. The van der Waals surface area contributed by atoms with Crippen LogP contribution in [-0.4, -0.2) is 15.8 Å². The highest BCUT2D eigenvalue weighted by molar-refractivity contribution is 9.10. The lowest BCUT2D eigenvalue weighted by molar-refractivity contribution is 0.262.